The molecule has 0 amide bonds. The van der Waals surface area contributed by atoms with Crippen LogP contribution >= 0.6 is 0 Å². The predicted octanol–water partition coefficient (Wildman–Crippen LogP) is 3.82. The van der Waals surface area contributed by atoms with Gasteiger partial charge in [-0.2, -0.15) is 0 Å². The normalized spacial score (nSPS) is 30.0. The van der Waals surface area contributed by atoms with Crippen LogP contribution in [0.25, 0.3) is 0 Å². The van der Waals surface area contributed by atoms with Crippen molar-refractivity contribution in [2.75, 3.05) is 13.1 Å². The lowest BCUT2D eigenvalue weighted by atomic mass is 9.79. The van der Waals surface area contributed by atoms with Crippen molar-refractivity contribution in [1.82, 2.24) is 10.6 Å². The number of aliphatic hydroxyl groups is 1. The summed E-state index contributed by atoms with van der Waals surface area (Å²) >= 11 is 0. The van der Waals surface area contributed by atoms with Gasteiger partial charge in [0.25, 0.3) is 0 Å². The Morgan fingerprint density at radius 3 is 2.35 bits per heavy atom. The maximum absolute atomic E-state index is 9.67. The van der Waals surface area contributed by atoms with E-state index >= 15 is 0 Å². The summed E-state index contributed by atoms with van der Waals surface area (Å²) in [5.74, 6) is 2.40. The maximum atomic E-state index is 9.67. The molecule has 1 aromatic carbocycles. The van der Waals surface area contributed by atoms with Gasteiger partial charge in [0.15, 0.2) is 5.96 Å². The first-order valence-corrected chi connectivity index (χ1v) is 10.5. The number of aliphatic imine (C=N–C) groups is 1. The van der Waals surface area contributed by atoms with Crippen LogP contribution in [0.5, 0.6) is 0 Å². The van der Waals surface area contributed by atoms with E-state index in [1.54, 1.807) is 0 Å². The third-order valence-electron chi connectivity index (χ3n) is 6.01. The van der Waals surface area contributed by atoms with Gasteiger partial charge in [-0.3, -0.25) is 4.99 Å². The number of benzene rings is 1. The molecule has 0 saturated heterocycles. The number of nitrogens with one attached hydrogen (secondary N) is 2. The number of aliphatic hydroxyl groups excluding tert-OH is 1. The molecule has 144 valence electrons. The molecule has 0 bridgehead atoms. The zero-order chi connectivity index (χ0) is 18.2. The van der Waals surface area contributed by atoms with Crippen molar-refractivity contribution in [2.45, 2.75) is 76.4 Å². The smallest absolute Gasteiger partial charge is 0.191 e. The molecule has 3 N–H and O–H groups in total. The fraction of sp³-hybridized carbons (Fsp3) is 0.682. The second-order valence-electron chi connectivity index (χ2n) is 8.00. The molecule has 4 nitrogen and oxygen atoms in total. The zero-order valence-electron chi connectivity index (χ0n) is 16.2. The van der Waals surface area contributed by atoms with Crippen LogP contribution in [0.3, 0.4) is 0 Å². The van der Waals surface area contributed by atoms with E-state index in [1.165, 1.54) is 31.2 Å². The fourth-order valence-corrected chi connectivity index (χ4v) is 4.36. The predicted molar refractivity (Wildman–Crippen MR) is 109 cm³/mol. The Bertz CT molecular complexity index is 544. The number of guanidine groups is 1. The molecular weight excluding hydrogens is 322 g/mol. The average molecular weight is 358 g/mol. The van der Waals surface area contributed by atoms with Crippen LogP contribution in [-0.2, 0) is 0 Å². The lowest BCUT2D eigenvalue weighted by Gasteiger charge is -2.29. The quantitative estimate of drug-likeness (QED) is 0.555. The maximum Gasteiger partial charge on any atom is 0.191 e. The number of hydrogen-bond acceptors (Lipinski definition) is 2. The first-order chi connectivity index (χ1) is 12.7. The van der Waals surface area contributed by atoms with Crippen molar-refractivity contribution >= 4 is 5.96 Å². The van der Waals surface area contributed by atoms with Gasteiger partial charge < -0.3 is 15.7 Å². The fourth-order valence-electron chi connectivity index (χ4n) is 4.36. The molecule has 2 saturated carbocycles. The van der Waals surface area contributed by atoms with Gasteiger partial charge in [-0.05, 0) is 75.7 Å². The van der Waals surface area contributed by atoms with E-state index in [1.807, 2.05) is 0 Å². The Hall–Kier alpha value is -1.55. The Kier molecular flexibility index (Phi) is 7.36. The number of rotatable bonds is 5. The highest BCUT2D eigenvalue weighted by atomic mass is 16.3. The van der Waals surface area contributed by atoms with Gasteiger partial charge in [0.1, 0.15) is 0 Å². The van der Waals surface area contributed by atoms with Crippen molar-refractivity contribution in [3.8, 4) is 0 Å². The van der Waals surface area contributed by atoms with E-state index in [9.17, 15) is 5.11 Å². The van der Waals surface area contributed by atoms with Crippen molar-refractivity contribution in [1.29, 1.82) is 0 Å². The van der Waals surface area contributed by atoms with Crippen molar-refractivity contribution < 1.29 is 5.11 Å². The molecule has 26 heavy (non-hydrogen) atoms. The minimum atomic E-state index is -0.104. The summed E-state index contributed by atoms with van der Waals surface area (Å²) in [5.41, 5.74) is 1.50. The minimum Gasteiger partial charge on any atom is -0.393 e. The summed E-state index contributed by atoms with van der Waals surface area (Å²) in [4.78, 5) is 4.88. The number of nitrogens with zero attached hydrogens (tertiary/aromatic N) is 1. The molecule has 2 fully saturated rings. The lowest BCUT2D eigenvalue weighted by molar-refractivity contribution is 0.120. The highest BCUT2D eigenvalue weighted by Crippen LogP contribution is 2.35. The highest BCUT2D eigenvalue weighted by Gasteiger charge is 2.23. The van der Waals surface area contributed by atoms with Gasteiger partial charge in [0.05, 0.1) is 6.10 Å². The molecule has 2 aliphatic rings. The summed E-state index contributed by atoms with van der Waals surface area (Å²) in [7, 11) is 0. The molecule has 0 unspecified atom stereocenters. The van der Waals surface area contributed by atoms with Crippen LogP contribution in [0.2, 0.25) is 0 Å². The van der Waals surface area contributed by atoms with Gasteiger partial charge in [-0.15, -0.1) is 0 Å². The van der Waals surface area contributed by atoms with E-state index in [0.29, 0.717) is 12.0 Å². The molecule has 0 spiro atoms. The minimum absolute atomic E-state index is 0.104. The van der Waals surface area contributed by atoms with E-state index in [4.69, 9.17) is 4.99 Å². The molecule has 3 rings (SSSR count). The molecular formula is C22H35N3O. The second-order valence-corrected chi connectivity index (χ2v) is 8.00. The van der Waals surface area contributed by atoms with Crippen LogP contribution in [0.4, 0.5) is 0 Å². The summed E-state index contributed by atoms with van der Waals surface area (Å²) in [6.07, 6.45) is 8.90. The molecule has 4 heteroatoms. The van der Waals surface area contributed by atoms with Crippen LogP contribution in [0.15, 0.2) is 35.3 Å². The van der Waals surface area contributed by atoms with Gasteiger partial charge in [0.2, 0.25) is 0 Å². The van der Waals surface area contributed by atoms with Gasteiger partial charge in [-0.1, -0.05) is 30.3 Å². The Morgan fingerprint density at radius 1 is 1.00 bits per heavy atom. The van der Waals surface area contributed by atoms with Crippen LogP contribution in [0.1, 0.15) is 69.8 Å². The molecule has 0 aromatic heterocycles. The summed E-state index contributed by atoms with van der Waals surface area (Å²) in [6.45, 7) is 3.93. The first kappa shape index (κ1) is 19.2. The SMILES string of the molecule is CCNC(=NCC1CCC(c2ccccc2)CC1)NC1CCC(O)CC1. The van der Waals surface area contributed by atoms with E-state index in [2.05, 4.69) is 47.9 Å². The van der Waals surface area contributed by atoms with Crippen LogP contribution in [0, 0.1) is 5.92 Å². The molecule has 0 aliphatic heterocycles. The van der Waals surface area contributed by atoms with Gasteiger partial charge in [0, 0.05) is 19.1 Å². The van der Waals surface area contributed by atoms with E-state index < -0.39 is 0 Å². The molecule has 1 aromatic rings. The summed E-state index contributed by atoms with van der Waals surface area (Å²) in [5, 5.41) is 16.6. The highest BCUT2D eigenvalue weighted by molar-refractivity contribution is 5.80. The Balaban J connectivity index is 1.46. The summed E-state index contributed by atoms with van der Waals surface area (Å²) in [6, 6.07) is 11.4. The zero-order valence-corrected chi connectivity index (χ0v) is 16.2. The average Bonchev–Trinajstić information content (AvgIpc) is 2.69. The first-order valence-electron chi connectivity index (χ1n) is 10.5. The third-order valence-corrected chi connectivity index (χ3v) is 6.01. The van der Waals surface area contributed by atoms with Gasteiger partial charge in [-0.25, -0.2) is 0 Å². The third kappa shape index (κ3) is 5.73. The topological polar surface area (TPSA) is 56.7 Å². The lowest BCUT2D eigenvalue weighted by Crippen LogP contribution is -2.45. The Labute approximate surface area is 158 Å². The molecule has 0 atom stereocenters. The van der Waals surface area contributed by atoms with Crippen molar-refractivity contribution in [2.24, 2.45) is 10.9 Å². The van der Waals surface area contributed by atoms with Crippen molar-refractivity contribution in [3.05, 3.63) is 35.9 Å². The largest absolute Gasteiger partial charge is 0.393 e. The van der Waals surface area contributed by atoms with Crippen LogP contribution < -0.4 is 10.6 Å². The van der Waals surface area contributed by atoms with E-state index in [0.717, 1.165) is 50.7 Å². The monoisotopic (exact) mass is 357 g/mol. The molecule has 0 heterocycles. The van der Waals surface area contributed by atoms with Crippen LogP contribution in [-0.4, -0.2) is 36.3 Å². The van der Waals surface area contributed by atoms with Crippen molar-refractivity contribution in [3.63, 3.8) is 0 Å². The van der Waals surface area contributed by atoms with Gasteiger partial charge >= 0.3 is 0 Å². The molecule has 0 radical (unpaired) electrons. The molecule has 2 aliphatic carbocycles. The second kappa shape index (κ2) is 9.96. The Morgan fingerprint density at radius 2 is 1.69 bits per heavy atom. The number of hydrogen-bond donors (Lipinski definition) is 3. The van der Waals surface area contributed by atoms with E-state index in [-0.39, 0.29) is 6.10 Å². The standard InChI is InChI=1S/C22H35N3O/c1-2-23-22(25-20-12-14-21(26)15-13-20)24-16-17-8-10-19(11-9-17)18-6-4-3-5-7-18/h3-7,17,19-21,26H,2,8-16H2,1H3,(H2,23,24,25). The summed E-state index contributed by atoms with van der Waals surface area (Å²) < 4.78 is 0.